The van der Waals surface area contributed by atoms with Crippen LogP contribution in [0.1, 0.15) is 5.56 Å². The highest BCUT2D eigenvalue weighted by atomic mass is 32.2. The van der Waals surface area contributed by atoms with Gasteiger partial charge in [-0.3, -0.25) is 25.1 Å². The van der Waals surface area contributed by atoms with Crippen molar-refractivity contribution in [2.24, 2.45) is 5.73 Å². The number of amides is 8. The molecule has 1 aromatic heterocycles. The summed E-state index contributed by atoms with van der Waals surface area (Å²) in [5.41, 5.74) is -5.29. The van der Waals surface area contributed by atoms with E-state index >= 15 is 0 Å². The molecule has 5 rings (SSSR count). The molecule has 2 fully saturated rings. The van der Waals surface area contributed by atoms with Crippen LogP contribution in [0, 0.1) is 0 Å². The van der Waals surface area contributed by atoms with Gasteiger partial charge in [-0.25, -0.2) is 41.1 Å². The molecule has 2 saturated heterocycles. The Morgan fingerprint density at radius 2 is 1.31 bits per heavy atom. The topological polar surface area (TPSA) is 226 Å². The van der Waals surface area contributed by atoms with Crippen LogP contribution in [0.2, 0.25) is 0 Å². The maximum absolute atomic E-state index is 12.7. The van der Waals surface area contributed by atoms with Crippen molar-refractivity contribution in [1.82, 2.24) is 15.2 Å². The van der Waals surface area contributed by atoms with E-state index in [4.69, 9.17) is 5.73 Å². The average Bonchev–Trinajstić information content (AvgIpc) is 3.51. The van der Waals surface area contributed by atoms with Gasteiger partial charge in [0.2, 0.25) is 5.91 Å². The van der Waals surface area contributed by atoms with Crippen molar-refractivity contribution in [2.75, 3.05) is 28.2 Å². The Morgan fingerprint density at radius 3 is 1.76 bits per heavy atom. The molecule has 24 heteroatoms. The number of nitrogens with zero attached hydrogens (tertiary/aromatic N) is 4. The molecule has 0 unspecified atom stereocenters. The highest BCUT2D eigenvalue weighted by molar-refractivity contribution is 7.92. The van der Waals surface area contributed by atoms with Crippen LogP contribution in [0.25, 0.3) is 0 Å². The van der Waals surface area contributed by atoms with Gasteiger partial charge in [0.05, 0.1) is 15.5 Å². The van der Waals surface area contributed by atoms with Gasteiger partial charge in [-0.15, -0.1) is 0 Å². The monoisotopic (exact) mass is 765 g/mol. The lowest BCUT2D eigenvalue weighted by Gasteiger charge is -2.18. The molecule has 0 aliphatic carbocycles. The zero-order chi connectivity index (χ0) is 38.1. The number of carbonyl (C=O) groups excluding carboxylic acids is 5. The molecule has 0 atom stereocenters. The maximum atomic E-state index is 12.7. The summed E-state index contributed by atoms with van der Waals surface area (Å²) in [6, 6.07) is 7.43. The zero-order valence-electron chi connectivity index (χ0n) is 25.1. The Morgan fingerprint density at radius 1 is 0.804 bits per heavy atom. The predicted molar refractivity (Wildman–Crippen MR) is 161 cm³/mol. The van der Waals surface area contributed by atoms with E-state index in [9.17, 15) is 67.2 Å². The standard InChI is InChI=1S/C17H14F3N5O5S.C10H7F3N2O4S/c18-17(19,20)31(29,30)12-3-1-11(2-4-12)25-14(26)9-24(16(25)28)8-10-5-6-22-13(7-10)23-15(21)27;11-10(12,13)20(18,19)7-3-1-6(2-4-7)15-5-8(16)14-9(15)17/h1-7H,8-9H2,(H3,21,22,23,27);1-4H,5H2,(H,14,16,17). The van der Waals surface area contributed by atoms with E-state index in [1.165, 1.54) is 12.3 Å². The molecular formula is C27H21F6N7O9S2. The van der Waals surface area contributed by atoms with Crippen LogP contribution in [0.15, 0.2) is 76.7 Å². The third-order valence-corrected chi connectivity index (χ3v) is 9.76. The van der Waals surface area contributed by atoms with Crippen LogP contribution in [0.3, 0.4) is 0 Å². The first kappa shape index (κ1) is 38.0. The first-order chi connectivity index (χ1) is 23.5. The molecule has 2 aliphatic heterocycles. The van der Waals surface area contributed by atoms with E-state index in [-0.39, 0.29) is 36.8 Å². The molecular weight excluding hydrogens is 744 g/mol. The van der Waals surface area contributed by atoms with Crippen molar-refractivity contribution >= 4 is 66.8 Å². The van der Waals surface area contributed by atoms with E-state index < -0.39 is 70.4 Å². The number of hydrogen-bond donors (Lipinski definition) is 3. The van der Waals surface area contributed by atoms with Crippen molar-refractivity contribution in [1.29, 1.82) is 0 Å². The van der Waals surface area contributed by atoms with Crippen LogP contribution in [-0.4, -0.2) is 80.7 Å². The molecule has 0 spiro atoms. The van der Waals surface area contributed by atoms with Crippen LogP contribution in [0.5, 0.6) is 0 Å². The second kappa shape index (κ2) is 13.9. The van der Waals surface area contributed by atoms with Crippen molar-refractivity contribution < 1.29 is 67.2 Å². The normalized spacial score (nSPS) is 15.5. The lowest BCUT2D eigenvalue weighted by molar-refractivity contribution is -0.118. The number of nitrogens with two attached hydrogens (primary N) is 1. The van der Waals surface area contributed by atoms with Gasteiger partial charge in [-0.2, -0.15) is 26.3 Å². The molecule has 3 heterocycles. The smallest absolute Gasteiger partial charge is 0.351 e. The first-order valence-electron chi connectivity index (χ1n) is 13.6. The van der Waals surface area contributed by atoms with E-state index in [1.54, 1.807) is 6.07 Å². The molecule has 2 aromatic carbocycles. The summed E-state index contributed by atoms with van der Waals surface area (Å²) in [4.78, 5) is 63.0. The molecule has 51 heavy (non-hydrogen) atoms. The van der Waals surface area contributed by atoms with Gasteiger partial charge >= 0.3 is 29.1 Å². The van der Waals surface area contributed by atoms with Crippen molar-refractivity contribution in [3.05, 3.63) is 72.4 Å². The van der Waals surface area contributed by atoms with E-state index in [0.717, 1.165) is 51.1 Å². The number of hydrogen-bond acceptors (Lipinski definition) is 10. The van der Waals surface area contributed by atoms with Gasteiger partial charge in [-0.1, -0.05) is 0 Å². The lowest BCUT2D eigenvalue weighted by atomic mass is 10.2. The Labute approximate surface area is 282 Å². The number of alkyl halides is 6. The van der Waals surface area contributed by atoms with Gasteiger partial charge in [0.25, 0.3) is 25.6 Å². The molecule has 8 amide bonds. The number of sulfone groups is 2. The molecule has 0 bridgehead atoms. The molecule has 0 radical (unpaired) electrons. The fraction of sp³-hybridized carbons (Fsp3) is 0.185. The number of urea groups is 3. The van der Waals surface area contributed by atoms with Gasteiger partial charge in [-0.05, 0) is 66.2 Å². The quantitative estimate of drug-likeness (QED) is 0.235. The van der Waals surface area contributed by atoms with Crippen molar-refractivity contribution in [3.63, 3.8) is 0 Å². The number of anilines is 3. The summed E-state index contributed by atoms with van der Waals surface area (Å²) >= 11 is 0. The zero-order valence-corrected chi connectivity index (χ0v) is 26.7. The van der Waals surface area contributed by atoms with Crippen LogP contribution in [-0.2, 0) is 35.8 Å². The Bertz CT molecular complexity index is 2110. The number of rotatable bonds is 7. The van der Waals surface area contributed by atoms with E-state index in [1.807, 2.05) is 5.32 Å². The Kier molecular flexibility index (Phi) is 10.3. The first-order valence-corrected chi connectivity index (χ1v) is 16.6. The fourth-order valence-corrected chi connectivity index (χ4v) is 5.94. The number of benzene rings is 2. The number of nitrogens with one attached hydrogen (secondary N) is 2. The van der Waals surface area contributed by atoms with Gasteiger partial charge in [0.15, 0.2) is 0 Å². The largest absolute Gasteiger partial charge is 0.501 e. The van der Waals surface area contributed by atoms with E-state index in [0.29, 0.717) is 17.7 Å². The van der Waals surface area contributed by atoms with Crippen LogP contribution in [0.4, 0.5) is 57.9 Å². The second-order valence-corrected chi connectivity index (χ2v) is 14.1. The molecule has 0 saturated carbocycles. The fourth-order valence-electron chi connectivity index (χ4n) is 4.41. The number of aromatic nitrogens is 1. The minimum absolute atomic E-state index is 0.0302. The van der Waals surface area contributed by atoms with Crippen LogP contribution < -0.4 is 26.2 Å². The Hall–Kier alpha value is -5.78. The third-order valence-electron chi connectivity index (χ3n) is 6.75. The summed E-state index contributed by atoms with van der Waals surface area (Å²) in [5.74, 6) is -1.07. The summed E-state index contributed by atoms with van der Waals surface area (Å²) in [5, 5.41) is 4.25. The lowest BCUT2D eigenvalue weighted by Crippen LogP contribution is -2.33. The van der Waals surface area contributed by atoms with Crippen molar-refractivity contribution in [3.8, 4) is 0 Å². The number of primary amides is 1. The van der Waals surface area contributed by atoms with Gasteiger partial charge < -0.3 is 10.6 Å². The Balaban J connectivity index is 0.000000251. The molecule has 16 nitrogen and oxygen atoms in total. The SMILES string of the molecule is NC(=O)Nc1cc(CN2CC(=O)N(c3ccc(S(=O)(=O)C(F)(F)F)cc3)C2=O)ccn1.O=C1CN(c2ccc(S(=O)(=O)C(F)(F)F)cc2)C(=O)N1. The summed E-state index contributed by atoms with van der Waals surface area (Å²) in [6.45, 7) is -0.621. The number of carbonyl (C=O) groups is 5. The molecule has 2 aliphatic rings. The third kappa shape index (κ3) is 8.17. The number of imide groups is 2. The van der Waals surface area contributed by atoms with Crippen molar-refractivity contribution in [2.45, 2.75) is 27.4 Å². The highest BCUT2D eigenvalue weighted by Gasteiger charge is 2.48. The second-order valence-electron chi connectivity index (χ2n) is 10.2. The minimum Gasteiger partial charge on any atom is -0.351 e. The van der Waals surface area contributed by atoms with Gasteiger partial charge in [0, 0.05) is 18.4 Å². The maximum Gasteiger partial charge on any atom is 0.501 e. The van der Waals surface area contributed by atoms with E-state index in [2.05, 4.69) is 10.3 Å². The summed E-state index contributed by atoms with van der Waals surface area (Å²) in [7, 11) is -11.0. The predicted octanol–water partition coefficient (Wildman–Crippen LogP) is 2.87. The molecule has 272 valence electrons. The molecule has 3 aromatic rings. The number of halogens is 6. The average molecular weight is 766 g/mol. The highest BCUT2D eigenvalue weighted by Crippen LogP contribution is 2.33. The number of pyridine rings is 1. The molecule has 4 N–H and O–H groups in total. The summed E-state index contributed by atoms with van der Waals surface area (Å²) < 4.78 is 120. The minimum atomic E-state index is -5.55. The van der Waals surface area contributed by atoms with Crippen LogP contribution >= 0.6 is 0 Å². The van der Waals surface area contributed by atoms with Gasteiger partial charge in [0.1, 0.15) is 18.9 Å². The summed E-state index contributed by atoms with van der Waals surface area (Å²) in [6.07, 6.45) is 1.36.